The van der Waals surface area contributed by atoms with E-state index in [1.807, 2.05) is 18.2 Å². The molecular weight excluding hydrogens is 308 g/mol. The summed E-state index contributed by atoms with van der Waals surface area (Å²) >= 11 is 0. The Morgan fingerprint density at radius 2 is 1.96 bits per heavy atom. The Morgan fingerprint density at radius 1 is 1.20 bits per heavy atom. The summed E-state index contributed by atoms with van der Waals surface area (Å²) in [5.41, 5.74) is 3.84. The quantitative estimate of drug-likeness (QED) is 0.845. The molecule has 4 nitrogen and oxygen atoms in total. The Labute approximate surface area is 150 Å². The highest BCUT2D eigenvalue weighted by Crippen LogP contribution is 2.18. The van der Waals surface area contributed by atoms with Gasteiger partial charge in [-0.15, -0.1) is 0 Å². The van der Waals surface area contributed by atoms with Gasteiger partial charge in [-0.1, -0.05) is 50.3 Å². The van der Waals surface area contributed by atoms with Crippen LogP contribution >= 0.6 is 0 Å². The molecule has 0 spiro atoms. The van der Waals surface area contributed by atoms with E-state index in [4.69, 9.17) is 10.4 Å². The Hall–Kier alpha value is -2.20. The van der Waals surface area contributed by atoms with Crippen LogP contribution in [0.4, 0.5) is 0 Å². The lowest BCUT2D eigenvalue weighted by Gasteiger charge is -2.23. The second-order valence-electron chi connectivity index (χ2n) is 7.22. The second kappa shape index (κ2) is 7.79. The summed E-state index contributed by atoms with van der Waals surface area (Å²) in [7, 11) is 0. The van der Waals surface area contributed by atoms with Crippen molar-refractivity contribution in [2.75, 3.05) is 6.54 Å². The molecule has 1 aliphatic rings. The van der Waals surface area contributed by atoms with Crippen LogP contribution in [-0.2, 0) is 13.0 Å². The second-order valence-corrected chi connectivity index (χ2v) is 7.22. The van der Waals surface area contributed by atoms with Crippen LogP contribution in [0.5, 0.6) is 0 Å². The molecule has 2 aromatic rings. The van der Waals surface area contributed by atoms with Gasteiger partial charge in [-0.2, -0.15) is 0 Å². The van der Waals surface area contributed by atoms with Crippen LogP contribution in [0.3, 0.4) is 0 Å². The molecule has 132 valence electrons. The average Bonchev–Trinajstić information content (AvgIpc) is 2.62. The number of nitrogens with one attached hydrogen (secondary N) is 2. The first-order valence-corrected chi connectivity index (χ1v) is 9.18. The highest BCUT2D eigenvalue weighted by Gasteiger charge is 2.19. The van der Waals surface area contributed by atoms with Crippen LogP contribution in [0.1, 0.15) is 55.9 Å². The highest BCUT2D eigenvalue weighted by atomic mass is 15.1. The number of hydrogen-bond acceptors (Lipinski definition) is 3. The third-order valence-corrected chi connectivity index (χ3v) is 4.62. The molecule has 0 amide bonds. The standard InChI is InChI=1S/C21H28N4/c1-15(2)13-23-16(3)21-24-19-12-8-7-11-18(19)20(22)25(21)14-17-9-5-4-6-10-17/h4-6,8-10,12,15-16,22-23H,7,11,13-14H2,1-3H3. The van der Waals surface area contributed by atoms with Gasteiger partial charge in [0.25, 0.3) is 0 Å². The van der Waals surface area contributed by atoms with Crippen LogP contribution in [-0.4, -0.2) is 16.1 Å². The average molecular weight is 336 g/mol. The zero-order chi connectivity index (χ0) is 17.8. The summed E-state index contributed by atoms with van der Waals surface area (Å²) in [6, 6.07) is 10.5. The van der Waals surface area contributed by atoms with Crippen molar-refractivity contribution >= 4 is 6.08 Å². The van der Waals surface area contributed by atoms with Crippen molar-refractivity contribution in [2.45, 2.75) is 46.2 Å². The fourth-order valence-corrected chi connectivity index (χ4v) is 3.22. The van der Waals surface area contributed by atoms with Gasteiger partial charge in [0.2, 0.25) is 0 Å². The van der Waals surface area contributed by atoms with E-state index in [1.54, 1.807) is 0 Å². The molecule has 1 aromatic carbocycles. The molecule has 0 fully saturated rings. The molecule has 0 saturated carbocycles. The van der Waals surface area contributed by atoms with Crippen molar-refractivity contribution < 1.29 is 0 Å². The number of aromatic nitrogens is 2. The maximum atomic E-state index is 8.79. The minimum atomic E-state index is 0.107. The van der Waals surface area contributed by atoms with Gasteiger partial charge < -0.3 is 9.88 Å². The first-order chi connectivity index (χ1) is 12.1. The maximum absolute atomic E-state index is 8.79. The lowest BCUT2D eigenvalue weighted by molar-refractivity contribution is 0.457. The minimum Gasteiger partial charge on any atom is -0.309 e. The number of fused-ring (bicyclic) bond motifs is 1. The van der Waals surface area contributed by atoms with Gasteiger partial charge in [-0.05, 0) is 43.9 Å². The van der Waals surface area contributed by atoms with Crippen LogP contribution < -0.4 is 10.8 Å². The van der Waals surface area contributed by atoms with Crippen molar-refractivity contribution in [1.29, 1.82) is 5.41 Å². The molecule has 1 unspecified atom stereocenters. The van der Waals surface area contributed by atoms with E-state index in [9.17, 15) is 0 Å². The summed E-state index contributed by atoms with van der Waals surface area (Å²) in [5.74, 6) is 1.53. The van der Waals surface area contributed by atoms with Gasteiger partial charge in [0.05, 0.1) is 18.3 Å². The molecule has 3 rings (SSSR count). The minimum absolute atomic E-state index is 0.107. The van der Waals surface area contributed by atoms with Gasteiger partial charge in [-0.3, -0.25) is 5.41 Å². The normalized spacial score (nSPS) is 14.6. The van der Waals surface area contributed by atoms with Crippen molar-refractivity contribution in [1.82, 2.24) is 14.9 Å². The van der Waals surface area contributed by atoms with Crippen molar-refractivity contribution in [3.8, 4) is 0 Å². The van der Waals surface area contributed by atoms with Gasteiger partial charge >= 0.3 is 0 Å². The van der Waals surface area contributed by atoms with Gasteiger partial charge in [-0.25, -0.2) is 4.98 Å². The number of allylic oxidation sites excluding steroid dienone is 1. The van der Waals surface area contributed by atoms with Crippen molar-refractivity contribution in [3.63, 3.8) is 0 Å². The number of hydrogen-bond donors (Lipinski definition) is 2. The van der Waals surface area contributed by atoms with E-state index in [1.165, 1.54) is 5.56 Å². The Bertz CT molecular complexity index is 803. The van der Waals surface area contributed by atoms with Crippen LogP contribution in [0.25, 0.3) is 6.08 Å². The summed E-state index contributed by atoms with van der Waals surface area (Å²) in [5, 5.41) is 12.4. The van der Waals surface area contributed by atoms with Gasteiger partial charge in [0.15, 0.2) is 0 Å². The fourth-order valence-electron chi connectivity index (χ4n) is 3.22. The zero-order valence-corrected chi connectivity index (χ0v) is 15.4. The van der Waals surface area contributed by atoms with E-state index >= 15 is 0 Å². The molecule has 25 heavy (non-hydrogen) atoms. The first kappa shape index (κ1) is 17.6. The van der Waals surface area contributed by atoms with E-state index in [-0.39, 0.29) is 6.04 Å². The molecule has 1 aliphatic carbocycles. The van der Waals surface area contributed by atoms with Gasteiger partial charge in [0.1, 0.15) is 11.3 Å². The van der Waals surface area contributed by atoms with Crippen LogP contribution in [0.2, 0.25) is 0 Å². The largest absolute Gasteiger partial charge is 0.309 e. The third-order valence-electron chi connectivity index (χ3n) is 4.62. The Morgan fingerprint density at radius 3 is 2.68 bits per heavy atom. The molecule has 1 heterocycles. The summed E-state index contributed by atoms with van der Waals surface area (Å²) < 4.78 is 2.07. The monoisotopic (exact) mass is 336 g/mol. The van der Waals surface area contributed by atoms with E-state index < -0.39 is 0 Å². The molecule has 0 aliphatic heterocycles. The highest BCUT2D eigenvalue weighted by molar-refractivity contribution is 5.51. The van der Waals surface area contributed by atoms with E-state index in [0.29, 0.717) is 18.0 Å². The molecule has 0 radical (unpaired) electrons. The molecular formula is C21H28N4. The molecule has 1 aromatic heterocycles. The fraction of sp³-hybridized carbons (Fsp3) is 0.429. The molecule has 0 saturated heterocycles. The summed E-state index contributed by atoms with van der Waals surface area (Å²) in [4.78, 5) is 4.94. The first-order valence-electron chi connectivity index (χ1n) is 9.18. The predicted octanol–water partition coefficient (Wildman–Crippen LogP) is 3.68. The summed E-state index contributed by atoms with van der Waals surface area (Å²) in [6.07, 6.45) is 6.13. The molecule has 4 heteroatoms. The lowest BCUT2D eigenvalue weighted by atomic mass is 10.0. The topological polar surface area (TPSA) is 53.7 Å². The molecule has 0 bridgehead atoms. The number of benzene rings is 1. The summed E-state index contributed by atoms with van der Waals surface area (Å²) in [6.45, 7) is 8.18. The van der Waals surface area contributed by atoms with Crippen molar-refractivity contribution in [3.05, 3.63) is 64.5 Å². The zero-order valence-electron chi connectivity index (χ0n) is 15.4. The Balaban J connectivity index is 2.03. The van der Waals surface area contributed by atoms with Gasteiger partial charge in [0, 0.05) is 5.56 Å². The van der Waals surface area contributed by atoms with Crippen LogP contribution in [0.15, 0.2) is 36.4 Å². The maximum Gasteiger partial charge on any atom is 0.131 e. The molecule has 2 N–H and O–H groups in total. The smallest absolute Gasteiger partial charge is 0.131 e. The molecule has 1 atom stereocenters. The van der Waals surface area contributed by atoms with Crippen LogP contribution in [0, 0.1) is 11.3 Å². The van der Waals surface area contributed by atoms with E-state index in [2.05, 4.69) is 54.9 Å². The third kappa shape index (κ3) is 4.07. The number of nitrogens with zero attached hydrogens (tertiary/aromatic N) is 2. The van der Waals surface area contributed by atoms with E-state index in [0.717, 1.165) is 36.5 Å². The number of rotatable bonds is 6. The predicted molar refractivity (Wildman–Crippen MR) is 102 cm³/mol. The Kier molecular flexibility index (Phi) is 5.49. The SMILES string of the molecule is CC(C)CNC(C)c1nc2c(c(=N)n1Cc1ccccc1)CCC=C2. The van der Waals surface area contributed by atoms with Crippen molar-refractivity contribution in [2.24, 2.45) is 5.92 Å². The lowest BCUT2D eigenvalue weighted by Crippen LogP contribution is -2.35.